The zero-order valence-corrected chi connectivity index (χ0v) is 93.4. The van der Waals surface area contributed by atoms with Crippen molar-refractivity contribution in [1.82, 2.24) is 38.8 Å². The summed E-state index contributed by atoms with van der Waals surface area (Å²) in [7, 11) is -1.91. The van der Waals surface area contributed by atoms with Crippen LogP contribution in [-0.2, 0) is 17.1 Å². The predicted molar refractivity (Wildman–Crippen MR) is 595 cm³/mol. The number of ether oxygens (including phenoxy) is 3. The van der Waals surface area contributed by atoms with Gasteiger partial charge in [-0.05, 0) is 337 Å². The van der Waals surface area contributed by atoms with Gasteiger partial charge in [-0.1, -0.05) is 207 Å². The van der Waals surface area contributed by atoms with E-state index in [2.05, 4.69) is 195 Å². The summed E-state index contributed by atoms with van der Waals surface area (Å²) in [6, 6.07) is 39.0. The first-order chi connectivity index (χ1) is 69.2. The number of rotatable bonds is 21. The summed E-state index contributed by atoms with van der Waals surface area (Å²) < 4.78 is 101. The number of carboxylic acids is 1. The summed E-state index contributed by atoms with van der Waals surface area (Å²) >= 11 is 26.2. The number of hydrogen-bond donors (Lipinski definition) is 2. The van der Waals surface area contributed by atoms with Gasteiger partial charge in [-0.2, -0.15) is 26.3 Å². The first kappa shape index (κ1) is 112. The lowest BCUT2D eigenvalue weighted by molar-refractivity contribution is -0.138. The van der Waals surface area contributed by atoms with Crippen molar-refractivity contribution in [3.05, 3.63) is 256 Å². The highest BCUT2D eigenvalue weighted by molar-refractivity contribution is 6.79. The molecule has 18 rings (SSSR count). The van der Waals surface area contributed by atoms with Crippen LogP contribution < -0.4 is 19.3 Å². The maximum Gasteiger partial charge on any atom is 0.416 e. The molecule has 0 atom stereocenters. The van der Waals surface area contributed by atoms with Crippen molar-refractivity contribution in [2.75, 3.05) is 115 Å². The monoisotopic (exact) mass is 2110 g/mol. The van der Waals surface area contributed by atoms with Gasteiger partial charge in [0.05, 0.1) is 23.5 Å². The van der Waals surface area contributed by atoms with Gasteiger partial charge in [-0.15, -0.1) is 0 Å². The van der Waals surface area contributed by atoms with Crippen LogP contribution in [0.25, 0.3) is 44.4 Å². The molecule has 8 heterocycles. The average molecular weight is 2110 g/mol. The van der Waals surface area contributed by atoms with Gasteiger partial charge in [0.1, 0.15) is 51.0 Å². The summed E-state index contributed by atoms with van der Waals surface area (Å²) in [6.45, 7) is 54.5. The van der Waals surface area contributed by atoms with Crippen molar-refractivity contribution in [3.63, 3.8) is 0 Å². The third-order valence-corrected chi connectivity index (χ3v) is 38.0. The quantitative estimate of drug-likeness (QED) is 0.0399. The summed E-state index contributed by atoms with van der Waals surface area (Å²) in [5, 5.41) is 13.9. The number of fused-ring (bicyclic) bond motifs is 2. The number of allylic oxidation sites excluding steroid dienone is 4. The summed E-state index contributed by atoms with van der Waals surface area (Å²) in [5.41, 5.74) is 19.8. The Balaban J connectivity index is 0.000000157. The highest BCUT2D eigenvalue weighted by Gasteiger charge is 2.42. The van der Waals surface area contributed by atoms with Crippen molar-refractivity contribution < 1.29 is 55.2 Å². The Morgan fingerprint density at radius 2 is 0.789 bits per heavy atom. The Morgan fingerprint density at radius 3 is 1.16 bits per heavy atom. The largest absolute Gasteiger partial charge is 0.478 e. The maximum atomic E-state index is 13.5. The van der Waals surface area contributed by atoms with E-state index < -0.39 is 49.3 Å². The van der Waals surface area contributed by atoms with Crippen LogP contribution in [0.4, 0.5) is 37.7 Å². The van der Waals surface area contributed by atoms with Crippen LogP contribution in [0.2, 0.25) is 38.2 Å². The molecule has 4 aromatic heterocycles. The van der Waals surface area contributed by atoms with E-state index in [4.69, 9.17) is 65.6 Å². The van der Waals surface area contributed by atoms with E-state index in [-0.39, 0.29) is 37.2 Å². The number of aromatic nitrogens is 4. The van der Waals surface area contributed by atoms with Crippen molar-refractivity contribution in [2.24, 2.45) is 21.7 Å². The molecule has 4 fully saturated rings. The number of aromatic amines is 1. The molecule has 4 saturated heterocycles. The van der Waals surface area contributed by atoms with E-state index >= 15 is 0 Å². The average Bonchev–Trinajstić information content (AvgIpc) is 1.60. The fraction of sp³-hybridized carbons (Fsp3) is 0.500. The molecule has 27 heteroatoms. The number of aromatic carboxylic acids is 1. The Bertz CT molecular complexity index is 6440. The number of carboxylic acid groups (broad SMARTS) is 1. The molecule has 8 aliphatic rings. The minimum atomic E-state index is -4.45. The number of piperidine rings is 2. The van der Waals surface area contributed by atoms with Gasteiger partial charge in [0.2, 0.25) is 0 Å². The summed E-state index contributed by atoms with van der Waals surface area (Å²) in [5.74, 6) is 0.0776. The van der Waals surface area contributed by atoms with Crippen LogP contribution in [-0.4, -0.2) is 174 Å². The van der Waals surface area contributed by atoms with Crippen LogP contribution in [0.1, 0.15) is 278 Å². The number of carbonyl (C=O) groups excluding carboxylic acids is 1. The molecule has 2 N–H and O–H groups in total. The number of likely N-dealkylation sites (tertiary alicyclic amines) is 2. The molecule has 790 valence electrons. The van der Waals surface area contributed by atoms with Crippen molar-refractivity contribution in [1.29, 1.82) is 0 Å². The molecule has 16 nitrogen and oxygen atoms in total. The third-order valence-electron chi connectivity index (χ3n) is 31.5. The number of nitrogens with one attached hydrogen (secondary N) is 1. The number of H-pyrrole nitrogens is 1. The number of carbonyl (C=O) groups is 2. The molecule has 6 aromatic carbocycles. The lowest BCUT2D eigenvalue weighted by Crippen LogP contribution is -2.47. The molecule has 0 spiro atoms. The SMILES string of the molecule is CC1(C)CCC(CN2CCN(c3ccc(C(=O)O)c(Oc4cnc5[nH]ccc5c4)c3)CC2)=C(c2ccc(C(F)(F)F)cc2Cl)C1.CC1(C)CCC(CN2CCN(c3ccc(C(=O)OC(C)(C)C)c(Oc4cnc5c(ccn5[Si](C)(C)C(C)(C)C)c4)c3)CC2)=C(c2ccc(C(F)(F)F)cc2Cl)C1.Cc1ccc(C2=C(CN3CCCCC3)CCC(C)(C)C2)c(Cl)c1.Cc1ccc(C2=C(CN3CCCCC3)CCC(C)(C)C2)c(Cl)c1. The lowest BCUT2D eigenvalue weighted by Gasteiger charge is -2.39. The number of nitrogens with zero attached hydrogens (tertiary/aromatic N) is 9. The van der Waals surface area contributed by atoms with E-state index in [0.29, 0.717) is 44.8 Å². The molecule has 0 amide bonds. The minimum Gasteiger partial charge on any atom is -0.478 e. The molecule has 147 heavy (non-hydrogen) atoms. The smallest absolute Gasteiger partial charge is 0.416 e. The second-order valence-corrected chi connectivity index (χ2v) is 54.5. The maximum absolute atomic E-state index is 13.5. The number of pyridine rings is 2. The molecule has 0 radical (unpaired) electrons. The second-order valence-electron chi connectivity index (χ2n) is 47.8. The molecule has 0 unspecified atom stereocenters. The van der Waals surface area contributed by atoms with E-state index in [1.165, 1.54) is 141 Å². The van der Waals surface area contributed by atoms with Crippen LogP contribution in [0, 0.1) is 35.5 Å². The Labute approximate surface area is 888 Å². The van der Waals surface area contributed by atoms with Gasteiger partial charge >= 0.3 is 24.3 Å². The predicted octanol–water partition coefficient (Wildman–Crippen LogP) is 32.8. The molecular formula is C120H150Cl4F6N10O6Si. The standard InChI is InChI=1S/C44H56ClF3N4O3Si.C34H34ClF3N4O3.2C21H30ClN/c1-41(2,3)55-40(53)35-14-12-32(25-38(35)54-33-23-29-16-18-52(39(29)49-27-33)56(9,10)42(4,5)6)51-21-19-50(20-22-51)28-30-15-17-43(7,8)26-36(30)34-13-11-31(24-37(34)45)44(46,47)48;1-33(2)9-7-22(28(18-33)26-5-3-23(16-29(26)35)34(36,37)38)20-41-11-13-42(14-12-41)24-4-6-27(32(43)44)30(17-24)45-25-15-21-8-10-39-31(21)40-19-25;2*1-16-7-8-18(20(22)13-16)19-14-21(2,3)10-9-17(19)15-23-11-5-4-6-12-23/h11-14,16,18,23-25,27H,15,17,19-22,26,28H2,1-10H3;3-6,8,10,15-17,19H,7,9,11-14,18,20H2,1-2H3,(H,39,40)(H,43,44);2*7-8,13H,4-6,9-12,14-15H2,1-3H3. The van der Waals surface area contributed by atoms with Gasteiger partial charge in [-0.25, -0.2) is 19.6 Å². The van der Waals surface area contributed by atoms with Crippen LogP contribution in [0.3, 0.4) is 0 Å². The molecule has 10 aromatic rings. The molecular weight excluding hydrogens is 1960 g/mol. The minimum absolute atomic E-state index is 0.0203. The highest BCUT2D eigenvalue weighted by Crippen LogP contribution is 2.52. The van der Waals surface area contributed by atoms with Gasteiger partial charge in [0.25, 0.3) is 0 Å². The molecule has 0 bridgehead atoms. The van der Waals surface area contributed by atoms with Crippen molar-refractivity contribution >= 4 is 122 Å². The summed E-state index contributed by atoms with van der Waals surface area (Å²) in [6.07, 6.45) is 19.1. The van der Waals surface area contributed by atoms with E-state index in [1.807, 2.05) is 51.1 Å². The van der Waals surface area contributed by atoms with Gasteiger partial charge in [-0.3, -0.25) is 19.6 Å². The number of piperazine rings is 2. The number of hydrogen-bond acceptors (Lipinski definition) is 13. The highest BCUT2D eigenvalue weighted by atomic mass is 35.5. The van der Waals surface area contributed by atoms with E-state index in [9.17, 15) is 41.0 Å². The zero-order chi connectivity index (χ0) is 106. The first-order valence-corrected chi connectivity index (χ1v) is 57.1. The van der Waals surface area contributed by atoms with Gasteiger partial charge < -0.3 is 38.3 Å². The number of alkyl halides is 6. The second kappa shape index (κ2) is 46.0. The topological polar surface area (TPSA) is 148 Å². The number of benzene rings is 6. The zero-order valence-electron chi connectivity index (χ0n) is 89.3. The third kappa shape index (κ3) is 28.7. The fourth-order valence-electron chi connectivity index (χ4n) is 21.8. The first-order valence-electron chi connectivity index (χ1n) is 52.7. The lowest BCUT2D eigenvalue weighted by atomic mass is 9.72. The van der Waals surface area contributed by atoms with E-state index in [0.717, 1.165) is 209 Å². The fourth-order valence-corrected chi connectivity index (χ4v) is 25.0. The van der Waals surface area contributed by atoms with Crippen LogP contribution in [0.15, 0.2) is 181 Å². The number of anilines is 2. The summed E-state index contributed by atoms with van der Waals surface area (Å²) in [4.78, 5) is 52.2. The normalized spacial score (nSPS) is 19.0. The van der Waals surface area contributed by atoms with E-state index in [1.54, 1.807) is 60.1 Å². The Kier molecular flexibility index (Phi) is 35.0. The number of aryl methyl sites for hydroxylation is 2. The van der Waals surface area contributed by atoms with Crippen LogP contribution in [0.5, 0.6) is 23.0 Å². The molecule has 0 saturated carbocycles. The molecule has 4 aliphatic heterocycles. The van der Waals surface area contributed by atoms with Crippen molar-refractivity contribution in [2.45, 2.75) is 262 Å². The number of halogens is 10. The number of esters is 1. The Morgan fingerprint density at radius 1 is 0.429 bits per heavy atom. The van der Waals surface area contributed by atoms with Gasteiger partial charge in [0, 0.05) is 139 Å². The van der Waals surface area contributed by atoms with Crippen molar-refractivity contribution in [3.8, 4) is 23.0 Å². The molecule has 4 aliphatic carbocycles. The van der Waals surface area contributed by atoms with Gasteiger partial charge in [0.15, 0.2) is 8.24 Å². The van der Waals surface area contributed by atoms with Crippen LogP contribution >= 0.6 is 46.4 Å². The Hall–Kier alpha value is -9.40.